The van der Waals surface area contributed by atoms with E-state index in [4.69, 9.17) is 0 Å². The summed E-state index contributed by atoms with van der Waals surface area (Å²) in [5.41, 5.74) is 0. The van der Waals surface area contributed by atoms with Crippen LogP contribution in [0.25, 0.3) is 0 Å². The Morgan fingerprint density at radius 1 is 1.15 bits per heavy atom. The Labute approximate surface area is 152 Å². The van der Waals surface area contributed by atoms with Crippen LogP contribution in [-0.4, -0.2) is 54.6 Å². The topological polar surface area (TPSA) is 101 Å². The van der Waals surface area contributed by atoms with Gasteiger partial charge in [-0.25, -0.2) is 12.8 Å². The number of nitro groups is 1. The summed E-state index contributed by atoms with van der Waals surface area (Å²) in [5.74, 6) is -1.01. The lowest BCUT2D eigenvalue weighted by atomic mass is 10.3. The summed E-state index contributed by atoms with van der Waals surface area (Å²) in [6.45, 7) is 0.439. The van der Waals surface area contributed by atoms with Gasteiger partial charge in [-0.1, -0.05) is 17.4 Å². The fourth-order valence-corrected chi connectivity index (χ4v) is 4.85. The van der Waals surface area contributed by atoms with E-state index in [2.05, 4.69) is 0 Å². The normalized spacial score (nSPS) is 15.8. The summed E-state index contributed by atoms with van der Waals surface area (Å²) in [7, 11) is -3.84. The Morgan fingerprint density at radius 2 is 1.85 bits per heavy atom. The zero-order chi connectivity index (χ0) is 18.9. The Balaban J connectivity index is 1.68. The molecule has 1 amide bonds. The predicted octanol–water partition coefficient (Wildman–Crippen LogP) is 1.94. The zero-order valence-corrected chi connectivity index (χ0v) is 15.0. The predicted molar refractivity (Wildman–Crippen MR) is 92.0 cm³/mol. The van der Waals surface area contributed by atoms with Gasteiger partial charge in [-0.2, -0.15) is 4.31 Å². The van der Waals surface area contributed by atoms with Crippen molar-refractivity contribution >= 4 is 32.3 Å². The number of halogens is 1. The van der Waals surface area contributed by atoms with Gasteiger partial charge in [0.25, 0.3) is 5.91 Å². The highest BCUT2D eigenvalue weighted by atomic mass is 32.2. The number of carbonyl (C=O) groups is 1. The number of amides is 1. The first-order valence-electron chi connectivity index (χ1n) is 7.58. The molecular weight excluding hydrogens is 385 g/mol. The fourth-order valence-electron chi connectivity index (χ4n) is 2.60. The molecule has 8 nitrogen and oxygen atoms in total. The molecule has 26 heavy (non-hydrogen) atoms. The van der Waals surface area contributed by atoms with E-state index < -0.39 is 20.8 Å². The van der Waals surface area contributed by atoms with Crippen LogP contribution in [0.5, 0.6) is 0 Å². The molecule has 138 valence electrons. The molecule has 0 atom stereocenters. The molecule has 1 aliphatic rings. The van der Waals surface area contributed by atoms with E-state index in [1.807, 2.05) is 0 Å². The smallest absolute Gasteiger partial charge is 0.324 e. The van der Waals surface area contributed by atoms with Gasteiger partial charge in [0.05, 0.1) is 14.7 Å². The maximum Gasteiger partial charge on any atom is 0.324 e. The Kier molecular flexibility index (Phi) is 5.03. The van der Waals surface area contributed by atoms with Gasteiger partial charge in [0.1, 0.15) is 5.82 Å². The second kappa shape index (κ2) is 7.09. The second-order valence-corrected chi connectivity index (χ2v) is 8.55. The van der Waals surface area contributed by atoms with Gasteiger partial charge in [-0.3, -0.25) is 14.9 Å². The lowest BCUT2D eigenvalue weighted by molar-refractivity contribution is -0.380. The molecular formula is C15H14FN3O5S2. The molecule has 0 N–H and O–H groups in total. The standard InChI is InChI=1S/C15H14FN3O5S2/c16-11-2-1-3-12(10-11)26(23,24)18-8-6-17(7-9-18)15(20)13-4-5-14(25-13)19(21)22/h1-5,10H,6-9H2. The number of nitrogens with zero attached hydrogens (tertiary/aromatic N) is 3. The summed E-state index contributed by atoms with van der Waals surface area (Å²) in [5, 5.41) is 10.6. The minimum Gasteiger partial charge on any atom is -0.335 e. The van der Waals surface area contributed by atoms with Crippen LogP contribution >= 0.6 is 11.3 Å². The van der Waals surface area contributed by atoms with E-state index in [0.29, 0.717) is 0 Å². The van der Waals surface area contributed by atoms with Crippen LogP contribution < -0.4 is 0 Å². The number of sulfonamides is 1. The third-order valence-electron chi connectivity index (χ3n) is 3.94. The Morgan fingerprint density at radius 3 is 2.42 bits per heavy atom. The van der Waals surface area contributed by atoms with E-state index in [0.717, 1.165) is 23.5 Å². The second-order valence-electron chi connectivity index (χ2n) is 5.55. The van der Waals surface area contributed by atoms with Gasteiger partial charge >= 0.3 is 5.00 Å². The van der Waals surface area contributed by atoms with Gasteiger partial charge in [0.2, 0.25) is 10.0 Å². The third-order valence-corrected chi connectivity index (χ3v) is 6.86. The SMILES string of the molecule is O=C(c1ccc([N+](=O)[O-])s1)N1CCN(S(=O)(=O)c2cccc(F)c2)CC1. The van der Waals surface area contributed by atoms with Crippen LogP contribution in [0, 0.1) is 15.9 Å². The van der Waals surface area contributed by atoms with E-state index in [1.54, 1.807) is 0 Å². The Hall–Kier alpha value is -2.37. The molecule has 1 fully saturated rings. The minimum atomic E-state index is -3.84. The number of piperazine rings is 1. The summed E-state index contributed by atoms with van der Waals surface area (Å²) >= 11 is 0.784. The average molecular weight is 399 g/mol. The van der Waals surface area contributed by atoms with Gasteiger partial charge in [-0.15, -0.1) is 0 Å². The van der Waals surface area contributed by atoms with Crippen LogP contribution in [0.3, 0.4) is 0 Å². The molecule has 2 aromatic rings. The molecule has 1 aliphatic heterocycles. The Bertz CT molecular complexity index is 952. The van der Waals surface area contributed by atoms with Crippen molar-refractivity contribution in [1.29, 1.82) is 0 Å². The van der Waals surface area contributed by atoms with Gasteiger partial charge < -0.3 is 4.90 Å². The van der Waals surface area contributed by atoms with Crippen molar-refractivity contribution in [2.75, 3.05) is 26.2 Å². The first kappa shape index (κ1) is 18.4. The zero-order valence-electron chi connectivity index (χ0n) is 13.4. The molecule has 1 aromatic carbocycles. The monoisotopic (exact) mass is 399 g/mol. The van der Waals surface area contributed by atoms with Crippen molar-refractivity contribution in [3.05, 3.63) is 57.2 Å². The van der Waals surface area contributed by atoms with Crippen LogP contribution in [-0.2, 0) is 10.0 Å². The van der Waals surface area contributed by atoms with Crippen molar-refractivity contribution in [3.8, 4) is 0 Å². The maximum absolute atomic E-state index is 13.3. The van der Waals surface area contributed by atoms with Crippen LogP contribution in [0.4, 0.5) is 9.39 Å². The van der Waals surface area contributed by atoms with Crippen molar-refractivity contribution in [3.63, 3.8) is 0 Å². The number of thiophene rings is 1. The lowest BCUT2D eigenvalue weighted by Gasteiger charge is -2.33. The summed E-state index contributed by atoms with van der Waals surface area (Å²) < 4.78 is 39.6. The quantitative estimate of drug-likeness (QED) is 0.578. The van der Waals surface area contributed by atoms with Crippen molar-refractivity contribution in [2.45, 2.75) is 4.90 Å². The van der Waals surface area contributed by atoms with Crippen molar-refractivity contribution in [1.82, 2.24) is 9.21 Å². The van der Waals surface area contributed by atoms with Crippen LogP contribution in [0.15, 0.2) is 41.3 Å². The molecule has 0 saturated carbocycles. The number of carbonyl (C=O) groups excluding carboxylic acids is 1. The fraction of sp³-hybridized carbons (Fsp3) is 0.267. The average Bonchev–Trinajstić information content (AvgIpc) is 3.11. The summed E-state index contributed by atoms with van der Waals surface area (Å²) in [6, 6.07) is 7.42. The molecule has 0 spiro atoms. The minimum absolute atomic E-state index is 0.0675. The van der Waals surface area contributed by atoms with E-state index in [9.17, 15) is 27.7 Å². The van der Waals surface area contributed by atoms with Crippen LogP contribution in [0.1, 0.15) is 9.67 Å². The molecule has 1 saturated heterocycles. The van der Waals surface area contributed by atoms with Crippen LogP contribution in [0.2, 0.25) is 0 Å². The number of hydrogen-bond donors (Lipinski definition) is 0. The first-order valence-corrected chi connectivity index (χ1v) is 9.84. The summed E-state index contributed by atoms with van der Waals surface area (Å²) in [4.78, 5) is 24.1. The molecule has 0 radical (unpaired) electrons. The highest BCUT2D eigenvalue weighted by Gasteiger charge is 2.31. The summed E-state index contributed by atoms with van der Waals surface area (Å²) in [6.07, 6.45) is 0. The number of hydrogen-bond acceptors (Lipinski definition) is 6. The third kappa shape index (κ3) is 3.59. The van der Waals surface area contributed by atoms with E-state index >= 15 is 0 Å². The molecule has 0 unspecified atom stereocenters. The lowest BCUT2D eigenvalue weighted by Crippen LogP contribution is -2.50. The molecule has 0 aliphatic carbocycles. The van der Waals surface area contributed by atoms with Gasteiger partial charge in [0, 0.05) is 32.2 Å². The van der Waals surface area contributed by atoms with Crippen molar-refractivity contribution < 1.29 is 22.5 Å². The molecule has 11 heteroatoms. The molecule has 3 rings (SSSR count). The number of benzene rings is 1. The number of rotatable bonds is 4. The molecule has 2 heterocycles. The first-order chi connectivity index (χ1) is 12.3. The van der Waals surface area contributed by atoms with Gasteiger partial charge in [0.15, 0.2) is 0 Å². The van der Waals surface area contributed by atoms with E-state index in [-0.39, 0.29) is 46.9 Å². The highest BCUT2D eigenvalue weighted by molar-refractivity contribution is 7.89. The maximum atomic E-state index is 13.3. The van der Waals surface area contributed by atoms with E-state index in [1.165, 1.54) is 33.5 Å². The molecule has 1 aromatic heterocycles. The van der Waals surface area contributed by atoms with Gasteiger partial charge in [-0.05, 0) is 24.3 Å². The highest BCUT2D eigenvalue weighted by Crippen LogP contribution is 2.26. The molecule has 0 bridgehead atoms. The largest absolute Gasteiger partial charge is 0.335 e. The van der Waals surface area contributed by atoms with Crippen molar-refractivity contribution in [2.24, 2.45) is 0 Å².